The zero-order valence-electron chi connectivity index (χ0n) is 28.8. The van der Waals surface area contributed by atoms with Gasteiger partial charge in [0.25, 0.3) is 0 Å². The summed E-state index contributed by atoms with van der Waals surface area (Å²) in [6.45, 7) is 5.52. The third-order valence-corrected chi connectivity index (χ3v) is 8.22. The van der Waals surface area contributed by atoms with Gasteiger partial charge in [0.05, 0.1) is 7.11 Å². The maximum atomic E-state index is 13.8. The molecule has 0 spiro atoms. The zero-order chi connectivity index (χ0) is 34.7. The number of ketones is 1. The molecule has 0 saturated carbocycles. The predicted molar refractivity (Wildman–Crippen MR) is 194 cm³/mol. The summed E-state index contributed by atoms with van der Waals surface area (Å²) in [7, 11) is 1.56. The molecule has 0 radical (unpaired) electrons. The van der Waals surface area contributed by atoms with Crippen LogP contribution in [0.1, 0.15) is 106 Å². The summed E-state index contributed by atoms with van der Waals surface area (Å²) in [6.07, 6.45) is 22.1. The van der Waals surface area contributed by atoms with Crippen LogP contribution in [0.25, 0.3) is 10.9 Å². The normalized spacial score (nSPS) is 13.0. The highest BCUT2D eigenvalue weighted by Gasteiger charge is 2.35. The number of benzene rings is 2. The number of aromatic nitrogens is 1. The van der Waals surface area contributed by atoms with Crippen LogP contribution in [-0.2, 0) is 19.1 Å². The molecule has 3 aromatic rings. The van der Waals surface area contributed by atoms with E-state index in [0.29, 0.717) is 39.4 Å². The van der Waals surface area contributed by atoms with Crippen LogP contribution >= 0.6 is 11.6 Å². The fourth-order valence-electron chi connectivity index (χ4n) is 5.38. The van der Waals surface area contributed by atoms with Gasteiger partial charge in [-0.25, -0.2) is 0 Å². The Bertz CT molecular complexity index is 1550. The average molecular weight is 676 g/mol. The van der Waals surface area contributed by atoms with Gasteiger partial charge in [-0.3, -0.25) is 14.4 Å². The lowest BCUT2D eigenvalue weighted by Crippen LogP contribution is -2.29. The first-order valence-electron chi connectivity index (χ1n) is 17.0. The third kappa shape index (κ3) is 12.5. The molecule has 3 rings (SSSR count). The van der Waals surface area contributed by atoms with Crippen molar-refractivity contribution in [3.05, 3.63) is 101 Å². The van der Waals surface area contributed by atoms with E-state index in [1.807, 2.05) is 13.0 Å². The molecule has 0 aliphatic heterocycles. The molecular formula is C40H50ClNO6. The Morgan fingerprint density at radius 1 is 0.875 bits per heavy atom. The van der Waals surface area contributed by atoms with Crippen LogP contribution in [0.4, 0.5) is 0 Å². The van der Waals surface area contributed by atoms with E-state index in [-0.39, 0.29) is 19.0 Å². The number of hydrogen-bond acceptors (Lipinski definition) is 6. The topological polar surface area (TPSA) is 94.7 Å². The van der Waals surface area contributed by atoms with E-state index in [9.17, 15) is 14.4 Å². The molecule has 48 heavy (non-hydrogen) atoms. The van der Waals surface area contributed by atoms with Gasteiger partial charge in [0.2, 0.25) is 0 Å². The van der Waals surface area contributed by atoms with E-state index >= 15 is 0 Å². The molecule has 0 aliphatic carbocycles. The molecule has 2 aromatic carbocycles. The quantitative estimate of drug-likeness (QED) is 0.0397. The summed E-state index contributed by atoms with van der Waals surface area (Å²) in [5.74, 6) is -2.17. The molecule has 8 heteroatoms. The maximum absolute atomic E-state index is 13.8. The van der Waals surface area contributed by atoms with Crippen molar-refractivity contribution in [3.63, 3.8) is 0 Å². The standard InChI is InChI=1S/C40H50ClNO6/c1-5-6-7-8-9-10-11-12-13-14-15-16-17-18-19-20-36(43)48-29(2)28-47-40(45)38(39(44)31-21-23-32(41)24-22-31)37-30(3)42-35-26-25-33(46-4)27-34(35)37/h9-10,12-13,15-16,21-27,29,38,42H,5-8,11,14,17-20,28H2,1-4H3/b10-9-,13-12-,16-15-/t29-,38?/m0/s1. The third-order valence-electron chi connectivity index (χ3n) is 7.97. The van der Waals surface area contributed by atoms with Crippen LogP contribution in [0.2, 0.25) is 5.02 Å². The van der Waals surface area contributed by atoms with Gasteiger partial charge in [0, 0.05) is 39.2 Å². The molecule has 7 nitrogen and oxygen atoms in total. The molecule has 0 bridgehead atoms. The number of allylic oxidation sites excluding steroid dienone is 6. The Morgan fingerprint density at radius 3 is 2.17 bits per heavy atom. The molecule has 0 aliphatic rings. The Balaban J connectivity index is 1.48. The lowest BCUT2D eigenvalue weighted by Gasteiger charge is -2.19. The lowest BCUT2D eigenvalue weighted by molar-refractivity contribution is -0.158. The molecule has 1 heterocycles. The van der Waals surface area contributed by atoms with Gasteiger partial charge < -0.3 is 19.2 Å². The number of carbonyl (C=O) groups is 3. The molecule has 1 unspecified atom stereocenters. The first kappa shape index (κ1) is 38.3. The number of fused-ring (bicyclic) bond motifs is 1. The van der Waals surface area contributed by atoms with Crippen LogP contribution in [0.15, 0.2) is 78.9 Å². The number of esters is 2. The van der Waals surface area contributed by atoms with E-state index in [0.717, 1.165) is 31.2 Å². The lowest BCUT2D eigenvalue weighted by atomic mass is 9.88. The number of hydrogen-bond donors (Lipinski definition) is 1. The van der Waals surface area contributed by atoms with Gasteiger partial charge in [-0.2, -0.15) is 0 Å². The Labute approximate surface area is 290 Å². The largest absolute Gasteiger partial charge is 0.497 e. The molecule has 258 valence electrons. The number of nitrogens with one attached hydrogen (secondary N) is 1. The second kappa shape index (κ2) is 21.0. The Kier molecular flexibility index (Phi) is 16.8. The van der Waals surface area contributed by atoms with Crippen LogP contribution < -0.4 is 4.74 Å². The van der Waals surface area contributed by atoms with Crippen LogP contribution in [-0.4, -0.2) is 42.5 Å². The average Bonchev–Trinajstić information content (AvgIpc) is 3.40. The number of halogens is 1. The summed E-state index contributed by atoms with van der Waals surface area (Å²) in [5, 5.41) is 1.16. The highest BCUT2D eigenvalue weighted by Crippen LogP contribution is 2.35. The van der Waals surface area contributed by atoms with Gasteiger partial charge in [-0.15, -0.1) is 0 Å². The minimum Gasteiger partial charge on any atom is -0.497 e. The van der Waals surface area contributed by atoms with E-state index in [2.05, 4.69) is 48.4 Å². The zero-order valence-corrected chi connectivity index (χ0v) is 29.5. The highest BCUT2D eigenvalue weighted by molar-refractivity contribution is 6.30. The number of H-pyrrole nitrogens is 1. The minimum atomic E-state index is -1.25. The van der Waals surface area contributed by atoms with E-state index in [4.69, 9.17) is 25.8 Å². The number of Topliss-reactive ketones (excluding diaryl/α,β-unsaturated/α-hetero) is 1. The summed E-state index contributed by atoms with van der Waals surface area (Å²) in [6, 6.07) is 11.8. The smallest absolute Gasteiger partial charge is 0.321 e. The van der Waals surface area contributed by atoms with Crippen molar-refractivity contribution >= 4 is 40.2 Å². The molecule has 2 atom stereocenters. The number of rotatable bonds is 21. The number of unbranched alkanes of at least 4 members (excludes halogenated alkanes) is 5. The Morgan fingerprint density at radius 2 is 1.52 bits per heavy atom. The van der Waals surface area contributed by atoms with Gasteiger partial charge in [-0.05, 0) is 101 Å². The second-order valence-electron chi connectivity index (χ2n) is 11.9. The maximum Gasteiger partial charge on any atom is 0.321 e. The molecular weight excluding hydrogens is 626 g/mol. The number of aromatic amines is 1. The first-order chi connectivity index (χ1) is 23.2. The van der Waals surface area contributed by atoms with E-state index in [1.165, 1.54) is 25.7 Å². The van der Waals surface area contributed by atoms with E-state index in [1.54, 1.807) is 50.4 Å². The van der Waals surface area contributed by atoms with Crippen molar-refractivity contribution in [1.29, 1.82) is 0 Å². The molecule has 1 N–H and O–H groups in total. The first-order valence-corrected chi connectivity index (χ1v) is 17.4. The molecule has 0 amide bonds. The number of carbonyl (C=O) groups excluding carboxylic acids is 3. The summed E-state index contributed by atoms with van der Waals surface area (Å²) < 4.78 is 16.5. The van der Waals surface area contributed by atoms with Crippen LogP contribution in [0.3, 0.4) is 0 Å². The van der Waals surface area contributed by atoms with Crippen molar-refractivity contribution in [1.82, 2.24) is 4.98 Å². The molecule has 0 saturated heterocycles. The highest BCUT2D eigenvalue weighted by atomic mass is 35.5. The van der Waals surface area contributed by atoms with Crippen molar-refractivity contribution in [2.24, 2.45) is 0 Å². The summed E-state index contributed by atoms with van der Waals surface area (Å²) in [4.78, 5) is 43.1. The van der Waals surface area contributed by atoms with Crippen LogP contribution in [0, 0.1) is 6.92 Å². The van der Waals surface area contributed by atoms with Gasteiger partial charge in [0.1, 0.15) is 24.4 Å². The second-order valence-corrected chi connectivity index (χ2v) is 12.4. The predicted octanol–water partition coefficient (Wildman–Crippen LogP) is 10.2. The number of ether oxygens (including phenoxy) is 3. The monoisotopic (exact) mass is 675 g/mol. The number of methoxy groups -OCH3 is 1. The van der Waals surface area contributed by atoms with Crippen molar-refractivity contribution < 1.29 is 28.6 Å². The van der Waals surface area contributed by atoms with Crippen molar-refractivity contribution in [3.8, 4) is 5.75 Å². The van der Waals surface area contributed by atoms with E-state index < -0.39 is 23.8 Å². The van der Waals surface area contributed by atoms with Crippen molar-refractivity contribution in [2.45, 2.75) is 97.0 Å². The summed E-state index contributed by atoms with van der Waals surface area (Å²) in [5.41, 5.74) is 2.25. The SMILES string of the molecule is CCCCC/C=C\C/C=C\C/C=C\CCCCC(=O)O[C@@H](C)COC(=O)C(C(=O)c1ccc(Cl)cc1)c1c(C)[nH]c2ccc(OC)cc12. The summed E-state index contributed by atoms with van der Waals surface area (Å²) >= 11 is 6.05. The van der Waals surface area contributed by atoms with Gasteiger partial charge in [0.15, 0.2) is 5.78 Å². The molecule has 1 aromatic heterocycles. The van der Waals surface area contributed by atoms with Gasteiger partial charge in [-0.1, -0.05) is 67.8 Å². The number of aryl methyl sites for hydroxylation is 1. The van der Waals surface area contributed by atoms with Crippen LogP contribution in [0.5, 0.6) is 5.75 Å². The fraction of sp³-hybridized carbons (Fsp3) is 0.425. The fourth-order valence-corrected chi connectivity index (χ4v) is 5.51. The minimum absolute atomic E-state index is 0.176. The van der Waals surface area contributed by atoms with Crippen molar-refractivity contribution in [2.75, 3.05) is 13.7 Å². The Hall–Kier alpha value is -4.10. The molecule has 0 fully saturated rings. The van der Waals surface area contributed by atoms with Gasteiger partial charge >= 0.3 is 11.9 Å².